The minimum atomic E-state index is -0.0150. The van der Waals surface area contributed by atoms with E-state index in [2.05, 4.69) is 5.32 Å². The zero-order valence-electron chi connectivity index (χ0n) is 11.3. The molecule has 3 fully saturated rings. The Kier molecular flexibility index (Phi) is 2.59. The molecule has 2 bridgehead atoms. The van der Waals surface area contributed by atoms with Crippen LogP contribution in [0.1, 0.15) is 19.3 Å². The number of rotatable bonds is 3. The number of amides is 2. The number of likely N-dealkylation sites (tertiary alicyclic amines) is 1. The van der Waals surface area contributed by atoms with E-state index < -0.39 is 0 Å². The third-order valence-corrected chi connectivity index (χ3v) is 5.23. The molecule has 3 aliphatic rings. The molecule has 2 saturated carbocycles. The molecule has 4 heteroatoms. The summed E-state index contributed by atoms with van der Waals surface area (Å²) in [6.07, 6.45) is 3.35. The lowest BCUT2D eigenvalue weighted by Gasteiger charge is -2.19. The largest absolute Gasteiger partial charge is 0.367 e. The van der Waals surface area contributed by atoms with Crippen LogP contribution in [0.3, 0.4) is 0 Å². The number of nitrogens with one attached hydrogen (secondary N) is 1. The molecular formula is C16H18N2O2. The Morgan fingerprint density at radius 3 is 2.20 bits per heavy atom. The summed E-state index contributed by atoms with van der Waals surface area (Å²) in [4.78, 5) is 26.4. The third kappa shape index (κ3) is 1.60. The van der Waals surface area contributed by atoms with Crippen LogP contribution in [0.4, 0.5) is 5.69 Å². The van der Waals surface area contributed by atoms with Gasteiger partial charge in [0, 0.05) is 5.69 Å². The number of carbonyl (C=O) groups is 2. The van der Waals surface area contributed by atoms with Gasteiger partial charge < -0.3 is 5.32 Å². The van der Waals surface area contributed by atoms with Crippen LogP contribution in [0.25, 0.3) is 0 Å². The van der Waals surface area contributed by atoms with Crippen LogP contribution in [0, 0.1) is 23.7 Å². The van der Waals surface area contributed by atoms with Crippen LogP contribution in [-0.4, -0.2) is 23.4 Å². The summed E-state index contributed by atoms with van der Waals surface area (Å²) in [6, 6.07) is 9.69. The molecule has 0 aromatic heterocycles. The Labute approximate surface area is 118 Å². The molecule has 4 atom stereocenters. The number of imide groups is 1. The third-order valence-electron chi connectivity index (χ3n) is 5.23. The number of anilines is 1. The predicted octanol–water partition coefficient (Wildman–Crippen LogP) is 2.09. The van der Waals surface area contributed by atoms with Crippen molar-refractivity contribution in [3.63, 3.8) is 0 Å². The highest BCUT2D eigenvalue weighted by Crippen LogP contribution is 2.55. The minimum absolute atomic E-state index is 0.0150. The lowest BCUT2D eigenvalue weighted by Crippen LogP contribution is -2.36. The van der Waals surface area contributed by atoms with Gasteiger partial charge in [0.1, 0.15) is 0 Å². The number of carbonyl (C=O) groups excluding carboxylic acids is 2. The molecule has 104 valence electrons. The van der Waals surface area contributed by atoms with E-state index in [1.807, 2.05) is 30.3 Å². The normalized spacial score (nSPS) is 34.7. The molecule has 4 rings (SSSR count). The van der Waals surface area contributed by atoms with Crippen molar-refractivity contribution >= 4 is 17.5 Å². The van der Waals surface area contributed by atoms with Crippen molar-refractivity contribution in [3.8, 4) is 0 Å². The van der Waals surface area contributed by atoms with Gasteiger partial charge in [-0.05, 0) is 43.2 Å². The van der Waals surface area contributed by atoms with Crippen LogP contribution in [-0.2, 0) is 9.59 Å². The zero-order valence-corrected chi connectivity index (χ0v) is 11.3. The standard InChI is InChI=1S/C16H18N2O2/c19-15-13-10-6-7-11(8-10)14(13)16(20)18(15)9-17-12-4-2-1-3-5-12/h1-5,10-11,13-14,17H,6-9H2/t10-,11+,13-,14-/m0/s1. The van der Waals surface area contributed by atoms with E-state index in [0.29, 0.717) is 18.5 Å². The average Bonchev–Trinajstić information content (AvgIpc) is 3.13. The van der Waals surface area contributed by atoms with Gasteiger partial charge in [-0.3, -0.25) is 14.5 Å². The molecule has 1 aliphatic heterocycles. The second-order valence-corrected chi connectivity index (χ2v) is 6.19. The summed E-state index contributed by atoms with van der Waals surface area (Å²) >= 11 is 0. The first-order valence-corrected chi connectivity index (χ1v) is 7.40. The fourth-order valence-electron chi connectivity index (χ4n) is 4.35. The number of hydrogen-bond donors (Lipinski definition) is 1. The summed E-state index contributed by atoms with van der Waals surface area (Å²) in [5, 5.41) is 3.17. The summed E-state index contributed by atoms with van der Waals surface area (Å²) < 4.78 is 0. The molecule has 2 amide bonds. The molecule has 1 N–H and O–H groups in total. The van der Waals surface area contributed by atoms with Gasteiger partial charge >= 0.3 is 0 Å². The molecular weight excluding hydrogens is 252 g/mol. The van der Waals surface area contributed by atoms with E-state index in [1.165, 1.54) is 4.90 Å². The summed E-state index contributed by atoms with van der Waals surface area (Å²) in [5.74, 6) is 0.996. The molecule has 20 heavy (non-hydrogen) atoms. The molecule has 1 aromatic rings. The lowest BCUT2D eigenvalue weighted by atomic mass is 9.81. The van der Waals surface area contributed by atoms with Gasteiger partial charge in [0.05, 0.1) is 18.5 Å². The highest BCUT2D eigenvalue weighted by Gasteiger charge is 2.60. The molecule has 0 spiro atoms. The van der Waals surface area contributed by atoms with E-state index in [9.17, 15) is 9.59 Å². The van der Waals surface area contributed by atoms with E-state index in [-0.39, 0.29) is 23.7 Å². The van der Waals surface area contributed by atoms with Gasteiger partial charge in [0.15, 0.2) is 0 Å². The van der Waals surface area contributed by atoms with Gasteiger partial charge in [-0.25, -0.2) is 0 Å². The minimum Gasteiger partial charge on any atom is -0.367 e. The second kappa shape index (κ2) is 4.33. The molecule has 0 unspecified atom stereocenters. The van der Waals surface area contributed by atoms with Gasteiger partial charge in [0.2, 0.25) is 11.8 Å². The van der Waals surface area contributed by atoms with Gasteiger partial charge in [0.25, 0.3) is 0 Å². The lowest BCUT2D eigenvalue weighted by molar-refractivity contribution is -0.140. The number of nitrogens with zero attached hydrogens (tertiary/aromatic N) is 1. The molecule has 4 nitrogen and oxygen atoms in total. The Morgan fingerprint density at radius 1 is 1.00 bits per heavy atom. The second-order valence-electron chi connectivity index (χ2n) is 6.19. The zero-order chi connectivity index (χ0) is 13.7. The van der Waals surface area contributed by atoms with E-state index in [4.69, 9.17) is 0 Å². The number of hydrogen-bond acceptors (Lipinski definition) is 3. The van der Waals surface area contributed by atoms with Crippen molar-refractivity contribution in [2.75, 3.05) is 12.0 Å². The van der Waals surface area contributed by atoms with E-state index >= 15 is 0 Å². The fourth-order valence-corrected chi connectivity index (χ4v) is 4.35. The van der Waals surface area contributed by atoms with Crippen LogP contribution < -0.4 is 5.32 Å². The Balaban J connectivity index is 1.50. The quantitative estimate of drug-likeness (QED) is 0.856. The Morgan fingerprint density at radius 2 is 1.60 bits per heavy atom. The molecule has 1 heterocycles. The van der Waals surface area contributed by atoms with E-state index in [1.54, 1.807) is 0 Å². The highest BCUT2D eigenvalue weighted by molar-refractivity contribution is 6.06. The molecule has 2 aliphatic carbocycles. The Bertz CT molecular complexity index is 529. The maximum absolute atomic E-state index is 12.5. The monoisotopic (exact) mass is 270 g/mol. The van der Waals surface area contributed by atoms with Crippen molar-refractivity contribution in [1.82, 2.24) is 4.90 Å². The van der Waals surface area contributed by atoms with Crippen molar-refractivity contribution in [2.24, 2.45) is 23.7 Å². The highest BCUT2D eigenvalue weighted by atomic mass is 16.2. The first-order valence-electron chi connectivity index (χ1n) is 7.40. The number of para-hydroxylation sites is 1. The SMILES string of the molecule is O=C1[C@H]2[C@@H]3CC[C@@H](C3)[C@@H]2C(=O)N1CNc1ccccc1. The first kappa shape index (κ1) is 11.9. The van der Waals surface area contributed by atoms with Gasteiger partial charge in [-0.15, -0.1) is 0 Å². The average molecular weight is 270 g/mol. The van der Waals surface area contributed by atoms with Crippen LogP contribution in [0.15, 0.2) is 30.3 Å². The van der Waals surface area contributed by atoms with Crippen LogP contribution in [0.2, 0.25) is 0 Å². The van der Waals surface area contributed by atoms with Crippen molar-refractivity contribution in [2.45, 2.75) is 19.3 Å². The maximum atomic E-state index is 12.5. The summed E-state index contributed by atoms with van der Waals surface area (Å²) in [5.41, 5.74) is 0.938. The van der Waals surface area contributed by atoms with Crippen molar-refractivity contribution < 1.29 is 9.59 Å². The van der Waals surface area contributed by atoms with Crippen molar-refractivity contribution in [3.05, 3.63) is 30.3 Å². The number of benzene rings is 1. The molecule has 0 radical (unpaired) electrons. The topological polar surface area (TPSA) is 49.4 Å². The van der Waals surface area contributed by atoms with Crippen LogP contribution >= 0.6 is 0 Å². The van der Waals surface area contributed by atoms with Crippen LogP contribution in [0.5, 0.6) is 0 Å². The summed E-state index contributed by atoms with van der Waals surface area (Å²) in [6.45, 7) is 0.300. The predicted molar refractivity (Wildman–Crippen MR) is 74.6 cm³/mol. The molecule has 1 aromatic carbocycles. The first-order chi connectivity index (χ1) is 9.75. The van der Waals surface area contributed by atoms with Crippen molar-refractivity contribution in [1.29, 1.82) is 0 Å². The molecule has 1 saturated heterocycles. The van der Waals surface area contributed by atoms with Gasteiger partial charge in [-0.1, -0.05) is 18.2 Å². The maximum Gasteiger partial charge on any atom is 0.234 e. The smallest absolute Gasteiger partial charge is 0.234 e. The van der Waals surface area contributed by atoms with E-state index in [0.717, 1.165) is 24.9 Å². The van der Waals surface area contributed by atoms with Gasteiger partial charge in [-0.2, -0.15) is 0 Å². The summed E-state index contributed by atoms with van der Waals surface area (Å²) in [7, 11) is 0. The fraction of sp³-hybridized carbons (Fsp3) is 0.500. The number of fused-ring (bicyclic) bond motifs is 5. The Hall–Kier alpha value is -1.84.